The molecular weight excluding hydrogens is 710 g/mol. The number of ether oxygens (including phenoxy) is 5. The molecule has 9 rings (SSSR count). The molecule has 1 amide bonds. The summed E-state index contributed by atoms with van der Waals surface area (Å²) in [7, 11) is 1.52. The van der Waals surface area contributed by atoms with Crippen molar-refractivity contribution in [3.63, 3.8) is 0 Å². The largest absolute Gasteiger partial charge is 0.475 e. The Labute approximate surface area is 312 Å². The third-order valence-electron chi connectivity index (χ3n) is 11.7. The third kappa shape index (κ3) is 6.08. The summed E-state index contributed by atoms with van der Waals surface area (Å²) in [5.41, 5.74) is 0.204. The van der Waals surface area contributed by atoms with Crippen LogP contribution in [0.1, 0.15) is 77.2 Å². The van der Waals surface area contributed by atoms with Gasteiger partial charge in [0, 0.05) is 37.2 Å². The van der Waals surface area contributed by atoms with Crippen LogP contribution in [0, 0.1) is 5.82 Å². The highest BCUT2D eigenvalue weighted by atomic mass is 35.5. The maximum absolute atomic E-state index is 17.4. The average Bonchev–Trinajstić information content (AvgIpc) is 3.72. The second kappa shape index (κ2) is 12.9. The number of piperazine rings is 1. The van der Waals surface area contributed by atoms with Crippen LogP contribution in [-0.2, 0) is 9.47 Å². The molecular formula is C38H45ClF2N6O6. The number of alkyl halides is 1. The van der Waals surface area contributed by atoms with Crippen molar-refractivity contribution >= 4 is 34.4 Å². The molecule has 1 saturated carbocycles. The van der Waals surface area contributed by atoms with Gasteiger partial charge in [-0.25, -0.2) is 18.6 Å². The van der Waals surface area contributed by atoms with E-state index in [1.165, 1.54) is 7.11 Å². The lowest BCUT2D eigenvalue weighted by Crippen LogP contribution is -2.63. The minimum absolute atomic E-state index is 0.00164. The van der Waals surface area contributed by atoms with Crippen LogP contribution in [0.25, 0.3) is 22.2 Å². The van der Waals surface area contributed by atoms with Crippen LogP contribution in [0.4, 0.5) is 19.4 Å². The number of benzene rings is 1. The second-order valence-electron chi connectivity index (χ2n) is 16.4. The molecule has 1 aliphatic carbocycles. The van der Waals surface area contributed by atoms with E-state index >= 15 is 4.39 Å². The van der Waals surface area contributed by atoms with Gasteiger partial charge >= 0.3 is 12.1 Å². The van der Waals surface area contributed by atoms with Crippen molar-refractivity contribution in [3.05, 3.63) is 28.5 Å². The van der Waals surface area contributed by atoms with Crippen molar-refractivity contribution in [2.24, 2.45) is 0 Å². The lowest BCUT2D eigenvalue weighted by molar-refractivity contribution is 0.00537. The molecule has 15 heteroatoms. The number of hydrogen-bond donors (Lipinski definition) is 0. The molecule has 12 nitrogen and oxygen atoms in total. The van der Waals surface area contributed by atoms with Crippen LogP contribution in [0.2, 0.25) is 5.02 Å². The standard InChI is InChI=1S/C38H45ClF2N6O6/c1-37(2,3)53-36(48)47-22-8-9-26(47)27-17-50-34-29-32(30(41)31(42-34)24-12-23(52-19-49-4)13-25(39)28(24)20-6-7-20)43-35(44-33(29)46(27)16-22)51-18-38-10-5-11-45(38)15-21(40)14-38/h12-13,20-22,26-27H,5-11,14-19H2,1-4H3/t21-,22+,26-,27+,38-/m1/s1. The molecule has 5 fully saturated rings. The molecule has 0 spiro atoms. The zero-order valence-corrected chi connectivity index (χ0v) is 31.3. The van der Waals surface area contributed by atoms with Gasteiger partial charge in [-0.1, -0.05) is 11.6 Å². The fourth-order valence-electron chi connectivity index (χ4n) is 9.34. The summed E-state index contributed by atoms with van der Waals surface area (Å²) in [5.74, 6) is 0.518. The molecule has 0 radical (unpaired) electrons. The number of methoxy groups -OCH3 is 1. The zero-order chi connectivity index (χ0) is 36.8. The Balaban J connectivity index is 1.17. The highest BCUT2D eigenvalue weighted by Gasteiger charge is 2.53. The number of rotatable bonds is 8. The number of fused-ring (bicyclic) bond motifs is 6. The Morgan fingerprint density at radius 1 is 1.09 bits per heavy atom. The number of amides is 1. The Bertz CT molecular complexity index is 1960. The smallest absolute Gasteiger partial charge is 0.410 e. The minimum Gasteiger partial charge on any atom is -0.475 e. The monoisotopic (exact) mass is 754 g/mol. The fourth-order valence-corrected chi connectivity index (χ4v) is 9.70. The van der Waals surface area contributed by atoms with Gasteiger partial charge in [-0.3, -0.25) is 9.80 Å². The van der Waals surface area contributed by atoms with E-state index in [9.17, 15) is 9.18 Å². The predicted octanol–water partition coefficient (Wildman–Crippen LogP) is 6.65. The Morgan fingerprint density at radius 2 is 1.92 bits per heavy atom. The minimum atomic E-state index is -0.930. The molecule has 3 aromatic rings. The van der Waals surface area contributed by atoms with Crippen LogP contribution in [0.15, 0.2) is 12.1 Å². The van der Waals surface area contributed by atoms with Gasteiger partial charge in [0.15, 0.2) is 12.6 Å². The predicted molar refractivity (Wildman–Crippen MR) is 192 cm³/mol. The number of halogens is 3. The van der Waals surface area contributed by atoms with Gasteiger partial charge in [0.1, 0.15) is 53.2 Å². The summed E-state index contributed by atoms with van der Waals surface area (Å²) < 4.78 is 61.7. The molecule has 284 valence electrons. The van der Waals surface area contributed by atoms with E-state index in [0.29, 0.717) is 47.1 Å². The Hall–Kier alpha value is -3.75. The molecule has 2 aromatic heterocycles. The molecule has 2 bridgehead atoms. The highest BCUT2D eigenvalue weighted by molar-refractivity contribution is 6.32. The fraction of sp³-hybridized carbons (Fsp3) is 0.632. The highest BCUT2D eigenvalue weighted by Crippen LogP contribution is 2.51. The van der Waals surface area contributed by atoms with E-state index in [4.69, 9.17) is 50.2 Å². The number of pyridine rings is 1. The van der Waals surface area contributed by atoms with Gasteiger partial charge in [-0.2, -0.15) is 9.97 Å². The summed E-state index contributed by atoms with van der Waals surface area (Å²) in [6.07, 6.45) is 4.20. The first kappa shape index (κ1) is 35.0. The van der Waals surface area contributed by atoms with Crippen molar-refractivity contribution in [3.8, 4) is 28.9 Å². The molecule has 53 heavy (non-hydrogen) atoms. The van der Waals surface area contributed by atoms with E-state index in [0.717, 1.165) is 50.6 Å². The lowest BCUT2D eigenvalue weighted by Gasteiger charge is -2.46. The van der Waals surface area contributed by atoms with E-state index in [1.54, 1.807) is 12.1 Å². The van der Waals surface area contributed by atoms with Crippen LogP contribution in [0.5, 0.6) is 17.6 Å². The molecule has 1 aromatic carbocycles. The van der Waals surface area contributed by atoms with Crippen molar-refractivity contribution in [2.75, 3.05) is 51.7 Å². The van der Waals surface area contributed by atoms with Gasteiger partial charge in [-0.05, 0) is 89.5 Å². The average molecular weight is 755 g/mol. The van der Waals surface area contributed by atoms with Crippen LogP contribution >= 0.6 is 11.6 Å². The normalized spacial score (nSPS) is 27.8. The van der Waals surface area contributed by atoms with Crippen LogP contribution in [-0.4, -0.2) is 113 Å². The summed E-state index contributed by atoms with van der Waals surface area (Å²) in [6.45, 7) is 7.52. The van der Waals surface area contributed by atoms with Gasteiger partial charge in [0.05, 0.1) is 23.7 Å². The molecule has 4 saturated heterocycles. The van der Waals surface area contributed by atoms with E-state index < -0.39 is 23.1 Å². The first-order valence-corrected chi connectivity index (χ1v) is 19.1. The summed E-state index contributed by atoms with van der Waals surface area (Å²) in [4.78, 5) is 34.2. The zero-order valence-electron chi connectivity index (χ0n) is 30.5. The van der Waals surface area contributed by atoms with E-state index in [2.05, 4.69) is 9.80 Å². The van der Waals surface area contributed by atoms with Gasteiger partial charge in [-0.15, -0.1) is 0 Å². The molecule has 6 aliphatic rings. The quantitative estimate of drug-likeness (QED) is 0.231. The number of carbonyl (C=O) groups is 1. The molecule has 5 aliphatic heterocycles. The van der Waals surface area contributed by atoms with Crippen molar-refractivity contribution < 1.29 is 37.3 Å². The number of hydrogen-bond acceptors (Lipinski definition) is 11. The number of anilines is 1. The topological polar surface area (TPSA) is 112 Å². The van der Waals surface area contributed by atoms with Gasteiger partial charge in [0.2, 0.25) is 5.88 Å². The van der Waals surface area contributed by atoms with Crippen molar-refractivity contribution in [1.29, 1.82) is 0 Å². The van der Waals surface area contributed by atoms with Gasteiger partial charge in [0.25, 0.3) is 0 Å². The second-order valence-corrected chi connectivity index (χ2v) is 16.8. The van der Waals surface area contributed by atoms with Crippen LogP contribution < -0.4 is 19.1 Å². The van der Waals surface area contributed by atoms with Crippen LogP contribution in [0.3, 0.4) is 0 Å². The van der Waals surface area contributed by atoms with E-state index in [1.807, 2.05) is 25.7 Å². The summed E-state index contributed by atoms with van der Waals surface area (Å²) in [6, 6.07) is 2.73. The maximum atomic E-state index is 17.4. The lowest BCUT2D eigenvalue weighted by atomic mass is 9.95. The van der Waals surface area contributed by atoms with Crippen molar-refractivity contribution in [2.45, 2.75) is 107 Å². The molecule has 0 unspecified atom stereocenters. The number of carbonyl (C=O) groups excluding carboxylic acids is 1. The SMILES string of the molecule is COCOc1cc(Cl)c(C2CC2)c(-c2nc3c4c(nc(OC[C@]56CCCN5C[C@H](F)C6)nc4c2F)N2C[C@@H]4CC[C@H]([C@@H]2CO3)N4C(=O)OC(C)(C)C)c1. The van der Waals surface area contributed by atoms with E-state index in [-0.39, 0.29) is 73.2 Å². The van der Waals surface area contributed by atoms with Gasteiger partial charge < -0.3 is 28.6 Å². The third-order valence-corrected chi connectivity index (χ3v) is 12.0. The molecule has 0 N–H and O–H groups in total. The number of aromatic nitrogens is 3. The summed E-state index contributed by atoms with van der Waals surface area (Å²) >= 11 is 6.86. The first-order chi connectivity index (χ1) is 25.4. The molecule has 7 heterocycles. The first-order valence-electron chi connectivity index (χ1n) is 18.7. The maximum Gasteiger partial charge on any atom is 0.410 e. The number of nitrogens with zero attached hydrogens (tertiary/aromatic N) is 6. The Kier molecular flexibility index (Phi) is 8.54. The molecule has 5 atom stereocenters. The summed E-state index contributed by atoms with van der Waals surface area (Å²) in [5, 5.41) is 0.789. The Morgan fingerprint density at radius 3 is 2.70 bits per heavy atom. The van der Waals surface area contributed by atoms with Crippen molar-refractivity contribution in [1.82, 2.24) is 24.8 Å².